The second kappa shape index (κ2) is 4.98. The smallest absolute Gasteiger partial charge is 0.239 e. The average molecular weight is 229 g/mol. The molecule has 0 radical (unpaired) electrons. The van der Waals surface area contributed by atoms with Crippen molar-refractivity contribution >= 4 is 5.91 Å². The maximum Gasteiger partial charge on any atom is 0.239 e. The summed E-state index contributed by atoms with van der Waals surface area (Å²) < 4.78 is 0. The first-order valence-corrected chi connectivity index (χ1v) is 5.72. The number of benzene rings is 1. The first kappa shape index (κ1) is 11.6. The van der Waals surface area contributed by atoms with Crippen LogP contribution in [0.15, 0.2) is 24.3 Å². The van der Waals surface area contributed by atoms with Gasteiger partial charge in [0.2, 0.25) is 5.91 Å². The van der Waals surface area contributed by atoms with Crippen molar-refractivity contribution in [3.05, 3.63) is 35.4 Å². The Labute approximate surface area is 101 Å². The largest absolute Gasteiger partial charge is 0.336 e. The molecular formula is C13H15N3O. The molecule has 1 saturated heterocycles. The molecule has 4 heteroatoms. The third-order valence-corrected chi connectivity index (χ3v) is 2.94. The van der Waals surface area contributed by atoms with Crippen molar-refractivity contribution in [2.24, 2.45) is 0 Å². The summed E-state index contributed by atoms with van der Waals surface area (Å²) in [6, 6.07) is 9.40. The standard InChI is InChI=1S/C13H15N3O/c1-10-13(17)16(6-5-15-10)9-12-4-2-3-11(7-12)8-14/h2-4,7,10,15H,5-6,9H2,1H3. The van der Waals surface area contributed by atoms with Gasteiger partial charge in [-0.25, -0.2) is 0 Å². The highest BCUT2D eigenvalue weighted by Crippen LogP contribution is 2.10. The van der Waals surface area contributed by atoms with Gasteiger partial charge in [-0.3, -0.25) is 4.79 Å². The van der Waals surface area contributed by atoms with Gasteiger partial charge in [0.1, 0.15) is 0 Å². The number of hydrogen-bond donors (Lipinski definition) is 1. The van der Waals surface area contributed by atoms with Gasteiger partial charge >= 0.3 is 0 Å². The highest BCUT2D eigenvalue weighted by molar-refractivity contribution is 5.82. The van der Waals surface area contributed by atoms with Crippen LogP contribution in [0.2, 0.25) is 0 Å². The number of nitriles is 1. The topological polar surface area (TPSA) is 56.1 Å². The van der Waals surface area contributed by atoms with Crippen molar-refractivity contribution in [3.63, 3.8) is 0 Å². The van der Waals surface area contributed by atoms with Crippen molar-refractivity contribution in [1.29, 1.82) is 5.26 Å². The van der Waals surface area contributed by atoms with Gasteiger partial charge in [-0.15, -0.1) is 0 Å². The molecule has 4 nitrogen and oxygen atoms in total. The summed E-state index contributed by atoms with van der Waals surface area (Å²) in [4.78, 5) is 13.7. The monoisotopic (exact) mass is 229 g/mol. The number of carbonyl (C=O) groups is 1. The summed E-state index contributed by atoms with van der Waals surface area (Å²) in [5, 5.41) is 11.9. The summed E-state index contributed by atoms with van der Waals surface area (Å²) in [5.74, 6) is 0.124. The van der Waals surface area contributed by atoms with E-state index in [2.05, 4.69) is 11.4 Å². The second-order valence-electron chi connectivity index (χ2n) is 4.25. The molecule has 1 amide bonds. The van der Waals surface area contributed by atoms with E-state index in [4.69, 9.17) is 5.26 Å². The molecule has 0 saturated carbocycles. The fourth-order valence-electron chi connectivity index (χ4n) is 2.00. The molecule has 1 heterocycles. The van der Waals surface area contributed by atoms with Crippen LogP contribution in [0.1, 0.15) is 18.1 Å². The zero-order valence-electron chi connectivity index (χ0n) is 9.81. The molecule has 1 atom stereocenters. The van der Waals surface area contributed by atoms with Crippen molar-refractivity contribution < 1.29 is 4.79 Å². The van der Waals surface area contributed by atoms with Crippen LogP contribution in [0.25, 0.3) is 0 Å². The minimum Gasteiger partial charge on any atom is -0.336 e. The Morgan fingerprint density at radius 1 is 1.59 bits per heavy atom. The lowest BCUT2D eigenvalue weighted by atomic mass is 10.1. The number of rotatable bonds is 2. The molecule has 1 N–H and O–H groups in total. The van der Waals surface area contributed by atoms with E-state index in [0.29, 0.717) is 12.1 Å². The Kier molecular flexibility index (Phi) is 3.40. The van der Waals surface area contributed by atoms with Crippen LogP contribution in [0.5, 0.6) is 0 Å². The van der Waals surface area contributed by atoms with E-state index in [1.165, 1.54) is 0 Å². The molecule has 1 fully saturated rings. The van der Waals surface area contributed by atoms with Gasteiger partial charge in [0.25, 0.3) is 0 Å². The molecule has 0 bridgehead atoms. The van der Waals surface area contributed by atoms with E-state index < -0.39 is 0 Å². The zero-order chi connectivity index (χ0) is 12.3. The van der Waals surface area contributed by atoms with Crippen LogP contribution in [0.4, 0.5) is 0 Å². The van der Waals surface area contributed by atoms with E-state index in [0.717, 1.165) is 18.7 Å². The number of hydrogen-bond acceptors (Lipinski definition) is 3. The first-order chi connectivity index (χ1) is 8.20. The molecule has 0 spiro atoms. The van der Waals surface area contributed by atoms with E-state index in [1.807, 2.05) is 30.0 Å². The Balaban J connectivity index is 2.10. The van der Waals surface area contributed by atoms with Gasteiger partial charge in [0, 0.05) is 19.6 Å². The molecule has 0 aliphatic carbocycles. The molecule has 0 aromatic heterocycles. The van der Waals surface area contributed by atoms with Crippen LogP contribution in [-0.2, 0) is 11.3 Å². The second-order valence-corrected chi connectivity index (χ2v) is 4.25. The van der Waals surface area contributed by atoms with E-state index in [-0.39, 0.29) is 11.9 Å². The van der Waals surface area contributed by atoms with Gasteiger partial charge < -0.3 is 10.2 Å². The van der Waals surface area contributed by atoms with Crippen LogP contribution >= 0.6 is 0 Å². The lowest BCUT2D eigenvalue weighted by Crippen LogP contribution is -2.53. The molecule has 1 unspecified atom stereocenters. The minimum absolute atomic E-state index is 0.108. The van der Waals surface area contributed by atoms with Gasteiger partial charge in [-0.2, -0.15) is 5.26 Å². The number of piperazine rings is 1. The molecule has 1 aromatic rings. The predicted molar refractivity (Wildman–Crippen MR) is 64.0 cm³/mol. The van der Waals surface area contributed by atoms with Gasteiger partial charge in [0.15, 0.2) is 0 Å². The number of amides is 1. The highest BCUT2D eigenvalue weighted by Gasteiger charge is 2.24. The summed E-state index contributed by atoms with van der Waals surface area (Å²) in [7, 11) is 0. The Morgan fingerprint density at radius 3 is 3.18 bits per heavy atom. The van der Waals surface area contributed by atoms with Crippen LogP contribution in [0.3, 0.4) is 0 Å². The molecule has 1 aliphatic heterocycles. The van der Waals surface area contributed by atoms with Crippen molar-refractivity contribution in [2.75, 3.05) is 13.1 Å². The van der Waals surface area contributed by atoms with Crippen molar-refractivity contribution in [2.45, 2.75) is 19.5 Å². The van der Waals surface area contributed by atoms with E-state index in [9.17, 15) is 4.79 Å². The van der Waals surface area contributed by atoms with E-state index in [1.54, 1.807) is 6.07 Å². The van der Waals surface area contributed by atoms with Gasteiger partial charge in [-0.1, -0.05) is 12.1 Å². The third kappa shape index (κ3) is 2.63. The Hall–Kier alpha value is -1.86. The third-order valence-electron chi connectivity index (χ3n) is 2.94. The first-order valence-electron chi connectivity index (χ1n) is 5.72. The predicted octanol–water partition coefficient (Wildman–Crippen LogP) is 0.879. The summed E-state index contributed by atoms with van der Waals surface area (Å²) in [5.41, 5.74) is 1.64. The molecule has 88 valence electrons. The fourth-order valence-corrected chi connectivity index (χ4v) is 2.00. The Bertz CT molecular complexity index is 464. The number of carbonyl (C=O) groups excluding carboxylic acids is 1. The quantitative estimate of drug-likeness (QED) is 0.819. The minimum atomic E-state index is -0.108. The van der Waals surface area contributed by atoms with Crippen LogP contribution in [0, 0.1) is 11.3 Å². The van der Waals surface area contributed by atoms with Crippen LogP contribution in [-0.4, -0.2) is 29.9 Å². The number of nitrogens with one attached hydrogen (secondary N) is 1. The fraction of sp³-hybridized carbons (Fsp3) is 0.385. The normalized spacial score (nSPS) is 20.1. The van der Waals surface area contributed by atoms with Gasteiger partial charge in [0.05, 0.1) is 17.7 Å². The molecule has 2 rings (SSSR count). The van der Waals surface area contributed by atoms with Crippen molar-refractivity contribution in [3.8, 4) is 6.07 Å². The molecule has 17 heavy (non-hydrogen) atoms. The molecule has 1 aromatic carbocycles. The van der Waals surface area contributed by atoms with Crippen molar-refractivity contribution in [1.82, 2.24) is 10.2 Å². The summed E-state index contributed by atoms with van der Waals surface area (Å²) in [6.45, 7) is 4.01. The maximum absolute atomic E-state index is 11.9. The zero-order valence-corrected chi connectivity index (χ0v) is 9.81. The Morgan fingerprint density at radius 2 is 2.41 bits per heavy atom. The summed E-state index contributed by atoms with van der Waals surface area (Å²) in [6.07, 6.45) is 0. The molecule has 1 aliphatic rings. The SMILES string of the molecule is CC1NCCN(Cc2cccc(C#N)c2)C1=O. The maximum atomic E-state index is 11.9. The van der Waals surface area contributed by atoms with Crippen LogP contribution < -0.4 is 5.32 Å². The van der Waals surface area contributed by atoms with E-state index >= 15 is 0 Å². The van der Waals surface area contributed by atoms with Gasteiger partial charge in [-0.05, 0) is 24.6 Å². The summed E-state index contributed by atoms with van der Waals surface area (Å²) >= 11 is 0. The highest BCUT2D eigenvalue weighted by atomic mass is 16.2. The molecular weight excluding hydrogens is 214 g/mol. The lowest BCUT2D eigenvalue weighted by molar-refractivity contribution is -0.135. The average Bonchev–Trinajstić information content (AvgIpc) is 2.35. The lowest BCUT2D eigenvalue weighted by Gasteiger charge is -2.31. The number of nitrogens with zero attached hydrogens (tertiary/aromatic N) is 2.